The van der Waals surface area contributed by atoms with Crippen molar-refractivity contribution in [1.82, 2.24) is 0 Å². The second-order valence-corrected chi connectivity index (χ2v) is 22.8. The van der Waals surface area contributed by atoms with Crippen molar-refractivity contribution in [2.24, 2.45) is 45.3 Å². The highest BCUT2D eigenvalue weighted by Gasteiger charge is 2.73. The van der Waals surface area contributed by atoms with E-state index in [-0.39, 0.29) is 35.7 Å². The Morgan fingerprint density at radius 3 is 1.89 bits per heavy atom. The second-order valence-electron chi connectivity index (χ2n) is 22.8. The number of rotatable bonds is 13. The maximum absolute atomic E-state index is 12.6. The highest BCUT2D eigenvalue weighted by molar-refractivity contribution is 5.21. The zero-order valence-electron chi connectivity index (χ0n) is 40.0. The summed E-state index contributed by atoms with van der Waals surface area (Å²) in [5.74, 6) is -0.631. The van der Waals surface area contributed by atoms with Crippen LogP contribution in [0.25, 0.3) is 0 Å². The normalized spacial score (nSPS) is 52.4. The van der Waals surface area contributed by atoms with Crippen LogP contribution in [0.4, 0.5) is 0 Å². The molecule has 66 heavy (non-hydrogen) atoms. The monoisotopic (exact) mass is 947 g/mol. The number of ether oxygens (including phenoxy) is 6. The van der Waals surface area contributed by atoms with Crippen molar-refractivity contribution in [2.45, 2.75) is 223 Å². The van der Waals surface area contributed by atoms with Gasteiger partial charge in [-0.2, -0.15) is 0 Å². The summed E-state index contributed by atoms with van der Waals surface area (Å²) in [5.41, 5.74) is -1.82. The molecule has 4 aliphatic carbocycles. The highest BCUT2D eigenvalue weighted by atomic mass is 16.7. The molecule has 18 nitrogen and oxygen atoms in total. The largest absolute Gasteiger partial charge is 0.396 e. The third-order valence-electron chi connectivity index (χ3n) is 18.8. The van der Waals surface area contributed by atoms with Crippen molar-refractivity contribution in [3.05, 3.63) is 11.6 Å². The summed E-state index contributed by atoms with van der Waals surface area (Å²) in [6.07, 6.45) is -15.0. The number of hydrogen-bond acceptors (Lipinski definition) is 18. The number of aliphatic hydroxyl groups excluding tert-OH is 12. The van der Waals surface area contributed by atoms with Crippen LogP contribution in [0.2, 0.25) is 0 Å². The van der Waals surface area contributed by atoms with Gasteiger partial charge in [0.2, 0.25) is 0 Å². The third-order valence-corrected chi connectivity index (χ3v) is 18.8. The molecule has 0 aromatic carbocycles. The lowest BCUT2D eigenvalue weighted by Gasteiger charge is -2.71. The Bertz CT molecular complexity index is 1680. The lowest BCUT2D eigenvalue weighted by atomic mass is 9.34. The van der Waals surface area contributed by atoms with Gasteiger partial charge in [0.1, 0.15) is 67.1 Å². The molecular formula is C48H82O18. The molecule has 18 heteroatoms. The fourth-order valence-electron chi connectivity index (χ4n) is 14.7. The Morgan fingerprint density at radius 2 is 1.26 bits per heavy atom. The fourth-order valence-corrected chi connectivity index (χ4v) is 14.7. The van der Waals surface area contributed by atoms with E-state index in [1.807, 2.05) is 20.8 Å². The van der Waals surface area contributed by atoms with Gasteiger partial charge in [-0.25, -0.2) is 0 Å². The second kappa shape index (κ2) is 19.6. The molecule has 25 atom stereocenters. The zero-order chi connectivity index (χ0) is 48.6. The van der Waals surface area contributed by atoms with Crippen LogP contribution in [0.15, 0.2) is 11.6 Å². The molecule has 3 saturated heterocycles. The minimum Gasteiger partial charge on any atom is -0.396 e. The van der Waals surface area contributed by atoms with E-state index in [0.717, 1.165) is 24.8 Å². The third kappa shape index (κ3) is 8.79. The Kier molecular flexibility index (Phi) is 15.7. The first-order valence-corrected chi connectivity index (χ1v) is 24.4. The van der Waals surface area contributed by atoms with Gasteiger partial charge in [-0.1, -0.05) is 39.3 Å². The van der Waals surface area contributed by atoms with Gasteiger partial charge < -0.3 is 89.7 Å². The highest BCUT2D eigenvalue weighted by Crippen LogP contribution is 2.76. The standard InChI is InChI=1S/C48H82O18/c1-22(2)10-9-14-47(8,66-43-40(60)36(56)33(53)26(19-49)63-43)24-11-15-46(7)31(24)25(51)18-29-45(46,6)16-12-28-44(4,5)30(13-17-48(28,29)21-50)65-42-39(59)37(57)34(54)27(64-42)20-61-41-38(58)35(55)32(52)23(3)62-41/h10,23-43,49-60H,9,11-21H2,1-8H3/t23-,24?,25?,26+,27+,28?,29?,30?,31?,32+,33+,34+,35+,36-,37-,38+,39+,40+,41+,42-,43-,45?,46+,47-,48?/m0/s1. The van der Waals surface area contributed by atoms with Crippen LogP contribution in [0, 0.1) is 45.3 Å². The molecule has 12 N–H and O–H groups in total. The average Bonchev–Trinajstić information content (AvgIpc) is 3.66. The van der Waals surface area contributed by atoms with Crippen LogP contribution >= 0.6 is 0 Å². The van der Waals surface area contributed by atoms with Crippen molar-refractivity contribution in [1.29, 1.82) is 0 Å². The summed E-state index contributed by atoms with van der Waals surface area (Å²) in [6.45, 7) is 15.2. The van der Waals surface area contributed by atoms with Crippen molar-refractivity contribution in [3.8, 4) is 0 Å². The zero-order valence-corrected chi connectivity index (χ0v) is 40.0. The molecule has 0 spiro atoms. The Labute approximate surface area is 388 Å². The number of hydrogen-bond donors (Lipinski definition) is 12. The van der Waals surface area contributed by atoms with Gasteiger partial charge in [-0.15, -0.1) is 0 Å². The molecule has 8 unspecified atom stereocenters. The van der Waals surface area contributed by atoms with Crippen LogP contribution in [-0.4, -0.2) is 191 Å². The lowest BCUT2D eigenvalue weighted by molar-refractivity contribution is -0.347. The average molecular weight is 947 g/mol. The predicted molar refractivity (Wildman–Crippen MR) is 234 cm³/mol. The van der Waals surface area contributed by atoms with Crippen LogP contribution < -0.4 is 0 Å². The van der Waals surface area contributed by atoms with Gasteiger partial charge in [0.25, 0.3) is 0 Å². The Morgan fingerprint density at radius 1 is 0.667 bits per heavy atom. The van der Waals surface area contributed by atoms with Crippen molar-refractivity contribution >= 4 is 0 Å². The van der Waals surface area contributed by atoms with Crippen molar-refractivity contribution in [2.75, 3.05) is 19.8 Å². The molecule has 0 aromatic rings. The smallest absolute Gasteiger partial charge is 0.187 e. The van der Waals surface area contributed by atoms with E-state index in [1.54, 1.807) is 0 Å². The molecule has 0 aromatic heterocycles. The quantitative estimate of drug-likeness (QED) is 0.0853. The maximum atomic E-state index is 12.6. The van der Waals surface area contributed by atoms with Crippen LogP contribution in [0.1, 0.15) is 113 Å². The van der Waals surface area contributed by atoms with Gasteiger partial charge in [0.05, 0.1) is 37.1 Å². The number of aliphatic hydroxyl groups is 12. The van der Waals surface area contributed by atoms with E-state index in [4.69, 9.17) is 28.4 Å². The summed E-state index contributed by atoms with van der Waals surface area (Å²) in [5, 5.41) is 131. The van der Waals surface area contributed by atoms with Crippen LogP contribution in [-0.2, 0) is 28.4 Å². The molecule has 7 fully saturated rings. The maximum Gasteiger partial charge on any atom is 0.187 e. The Balaban J connectivity index is 1.10. The molecule has 3 heterocycles. The van der Waals surface area contributed by atoms with Gasteiger partial charge in [0.15, 0.2) is 18.9 Å². The van der Waals surface area contributed by atoms with Crippen molar-refractivity contribution < 1.29 is 89.7 Å². The van der Waals surface area contributed by atoms with E-state index in [9.17, 15) is 61.3 Å². The lowest BCUT2D eigenvalue weighted by Crippen LogP contribution is -2.69. The summed E-state index contributed by atoms with van der Waals surface area (Å²) in [6, 6.07) is 0. The summed E-state index contributed by atoms with van der Waals surface area (Å²) >= 11 is 0. The Hall–Kier alpha value is -0.980. The summed E-state index contributed by atoms with van der Waals surface area (Å²) in [4.78, 5) is 0. The van der Waals surface area contributed by atoms with E-state index < -0.39 is 139 Å². The fraction of sp³-hybridized carbons (Fsp3) is 0.958. The molecular weight excluding hydrogens is 865 g/mol. The minimum absolute atomic E-state index is 0.0932. The van der Waals surface area contributed by atoms with Gasteiger partial charge >= 0.3 is 0 Å². The van der Waals surface area contributed by atoms with Gasteiger partial charge in [0, 0.05) is 12.0 Å². The van der Waals surface area contributed by atoms with Crippen LogP contribution in [0.5, 0.6) is 0 Å². The van der Waals surface area contributed by atoms with E-state index in [0.29, 0.717) is 38.5 Å². The topological polar surface area (TPSA) is 298 Å². The molecule has 3 aliphatic heterocycles. The molecule has 4 saturated carbocycles. The van der Waals surface area contributed by atoms with Crippen molar-refractivity contribution in [3.63, 3.8) is 0 Å². The summed E-state index contributed by atoms with van der Waals surface area (Å²) < 4.78 is 36.6. The number of fused-ring (bicyclic) bond motifs is 5. The van der Waals surface area contributed by atoms with E-state index in [1.165, 1.54) is 6.92 Å². The molecule has 0 bridgehead atoms. The molecule has 7 aliphatic rings. The molecule has 0 amide bonds. The number of allylic oxidation sites excluding steroid dienone is 2. The first-order valence-electron chi connectivity index (χ1n) is 24.4. The predicted octanol–water partition coefficient (Wildman–Crippen LogP) is -0.0268. The minimum atomic E-state index is -1.68. The molecule has 0 radical (unpaired) electrons. The van der Waals surface area contributed by atoms with Gasteiger partial charge in [-0.3, -0.25) is 0 Å². The first kappa shape index (κ1) is 52.8. The van der Waals surface area contributed by atoms with E-state index >= 15 is 0 Å². The van der Waals surface area contributed by atoms with Crippen LogP contribution in [0.3, 0.4) is 0 Å². The SMILES string of the molecule is CC(C)=CCC[C@](C)(O[C@@H]1O[C@H](CO)[C@@H](O)[C@H](O)[C@H]1O)C1CC[C@]2(C)C1C(O)CC1C3(CO)CCC(O[C@@H]4O[C@H](CO[C@@H]5O[C@@H](C)[C@@H](O)[C@@H](O)[C@H]5O)[C@@H](O)[C@H](O)[C@H]4O)C(C)(C)C3CCC12C. The van der Waals surface area contributed by atoms with Gasteiger partial charge in [-0.05, 0) is 125 Å². The van der Waals surface area contributed by atoms with E-state index in [2.05, 4.69) is 33.8 Å². The summed E-state index contributed by atoms with van der Waals surface area (Å²) in [7, 11) is 0. The molecule has 382 valence electrons. The molecule has 7 rings (SSSR count). The first-order chi connectivity index (χ1) is 30.8.